The number of hydrogen-bond donors (Lipinski definition) is 3. The molecular weight excluding hydrogens is 538 g/mol. The average molecular weight is 584 g/mol. The molecule has 4 saturated carbocycles. The van der Waals surface area contributed by atoms with Gasteiger partial charge in [0.25, 0.3) is 0 Å². The van der Waals surface area contributed by atoms with Gasteiger partial charge >= 0.3 is 17.9 Å². The smallest absolute Gasteiger partial charge is 0.310 e. The standard InChI is InChI=1S/C29H45NO11/c31-21-7-5-19(25(15-21)28(34)35)16-39-41-23-10-3-18(4-11-23)13-17-1-8-22(9-2-17)40-29(36)26-14-20(30(37)38)6-12-24(26)27(32)33/h17-26,31H,1-16H2,(H,32,33)(H,34,35). The Morgan fingerprint density at radius 1 is 0.732 bits per heavy atom. The Hall–Kier alpha value is -2.31. The van der Waals surface area contributed by atoms with Crippen LogP contribution in [0.5, 0.6) is 0 Å². The van der Waals surface area contributed by atoms with Gasteiger partial charge in [0, 0.05) is 17.8 Å². The number of esters is 1. The van der Waals surface area contributed by atoms with Gasteiger partial charge in [-0.3, -0.25) is 24.5 Å². The lowest BCUT2D eigenvalue weighted by Gasteiger charge is -2.35. The van der Waals surface area contributed by atoms with Crippen LogP contribution in [0.25, 0.3) is 0 Å². The SMILES string of the molecule is O=C(O)C1CC(O)CCC1COOC1CCC(CC2CCC(OC(=O)C3CC([N+](=O)[O-])CCC3C(=O)O)CC2)CC1. The number of carboxylic acid groups (broad SMARTS) is 2. The molecule has 0 aromatic rings. The zero-order valence-corrected chi connectivity index (χ0v) is 23.6. The molecule has 0 aromatic heterocycles. The monoisotopic (exact) mass is 583 g/mol. The molecule has 0 spiro atoms. The normalized spacial score (nSPS) is 38.1. The van der Waals surface area contributed by atoms with Gasteiger partial charge in [0.05, 0.1) is 36.6 Å². The lowest BCUT2D eigenvalue weighted by atomic mass is 9.76. The molecule has 0 heterocycles. The summed E-state index contributed by atoms with van der Waals surface area (Å²) in [6.45, 7) is 0.228. The fourth-order valence-corrected chi connectivity index (χ4v) is 7.50. The summed E-state index contributed by atoms with van der Waals surface area (Å²) in [4.78, 5) is 57.9. The van der Waals surface area contributed by atoms with Gasteiger partial charge in [0.15, 0.2) is 0 Å². The molecule has 0 radical (unpaired) electrons. The Morgan fingerprint density at radius 2 is 1.34 bits per heavy atom. The fraction of sp³-hybridized carbons (Fsp3) is 0.897. The minimum absolute atomic E-state index is 0.00294. The summed E-state index contributed by atoms with van der Waals surface area (Å²) in [5.41, 5.74) is 0. The van der Waals surface area contributed by atoms with Crippen LogP contribution in [0.15, 0.2) is 0 Å². The first-order valence-electron chi connectivity index (χ1n) is 15.4. The van der Waals surface area contributed by atoms with E-state index in [1.807, 2.05) is 0 Å². The summed E-state index contributed by atoms with van der Waals surface area (Å²) in [5, 5.41) is 39.9. The molecule has 41 heavy (non-hydrogen) atoms. The molecule has 4 aliphatic carbocycles. The average Bonchev–Trinajstić information content (AvgIpc) is 2.95. The number of ether oxygens (including phenoxy) is 1. The second-order valence-corrected chi connectivity index (χ2v) is 12.8. The zero-order valence-electron chi connectivity index (χ0n) is 23.6. The molecule has 4 aliphatic rings. The summed E-state index contributed by atoms with van der Waals surface area (Å²) in [5.74, 6) is -4.12. The topological polar surface area (TPSA) is 183 Å². The van der Waals surface area contributed by atoms with Crippen molar-refractivity contribution in [3.8, 4) is 0 Å². The molecule has 0 saturated heterocycles. The van der Waals surface area contributed by atoms with Gasteiger partial charge in [-0.05, 0) is 101 Å². The van der Waals surface area contributed by atoms with Crippen LogP contribution in [-0.4, -0.2) is 69.1 Å². The molecule has 6 atom stereocenters. The number of aliphatic hydroxyl groups is 1. The van der Waals surface area contributed by atoms with Crippen LogP contribution in [0.4, 0.5) is 0 Å². The number of carbonyl (C=O) groups is 3. The molecular formula is C29H45NO11. The zero-order chi connectivity index (χ0) is 29.5. The molecule has 0 bridgehead atoms. The second-order valence-electron chi connectivity index (χ2n) is 12.8. The van der Waals surface area contributed by atoms with Gasteiger partial charge in [-0.15, -0.1) is 0 Å². The maximum Gasteiger partial charge on any atom is 0.310 e. The number of hydrogen-bond acceptors (Lipinski definition) is 9. The van der Waals surface area contributed by atoms with Gasteiger partial charge in [-0.1, -0.05) is 0 Å². The van der Waals surface area contributed by atoms with E-state index in [4.69, 9.17) is 14.5 Å². The molecule has 0 aliphatic heterocycles. The lowest BCUT2D eigenvalue weighted by molar-refractivity contribution is -0.528. The fourth-order valence-electron chi connectivity index (χ4n) is 7.50. The number of aliphatic carboxylic acids is 2. The molecule has 12 heteroatoms. The summed E-state index contributed by atoms with van der Waals surface area (Å²) in [6.07, 6.45) is 9.10. The third-order valence-electron chi connectivity index (χ3n) is 10.0. The van der Waals surface area contributed by atoms with Crippen LogP contribution in [0.1, 0.15) is 96.3 Å². The molecule has 0 amide bonds. The number of carbonyl (C=O) groups excluding carboxylic acids is 1. The quantitative estimate of drug-likeness (QED) is 0.138. The summed E-state index contributed by atoms with van der Waals surface area (Å²) < 4.78 is 5.70. The second kappa shape index (κ2) is 14.7. The lowest BCUT2D eigenvalue weighted by Crippen LogP contribution is -2.42. The van der Waals surface area contributed by atoms with E-state index in [2.05, 4.69) is 0 Å². The van der Waals surface area contributed by atoms with Crippen molar-refractivity contribution >= 4 is 17.9 Å². The molecule has 3 N–H and O–H groups in total. The first kappa shape index (κ1) is 31.6. The van der Waals surface area contributed by atoms with Crippen LogP contribution in [0.3, 0.4) is 0 Å². The van der Waals surface area contributed by atoms with Crippen LogP contribution in [-0.2, 0) is 28.9 Å². The Labute approximate surface area is 240 Å². The number of aliphatic hydroxyl groups excluding tert-OH is 1. The Balaban J connectivity index is 1.12. The third kappa shape index (κ3) is 8.84. The van der Waals surface area contributed by atoms with E-state index < -0.39 is 52.7 Å². The highest BCUT2D eigenvalue weighted by Crippen LogP contribution is 2.38. The molecule has 6 unspecified atom stereocenters. The van der Waals surface area contributed by atoms with Crippen LogP contribution >= 0.6 is 0 Å². The van der Waals surface area contributed by atoms with E-state index in [9.17, 15) is 39.8 Å². The largest absolute Gasteiger partial charge is 0.481 e. The van der Waals surface area contributed by atoms with Crippen molar-refractivity contribution in [2.45, 2.75) is 121 Å². The van der Waals surface area contributed by atoms with E-state index >= 15 is 0 Å². The van der Waals surface area contributed by atoms with Gasteiger partial charge in [0.1, 0.15) is 6.10 Å². The van der Waals surface area contributed by atoms with Crippen molar-refractivity contribution in [3.05, 3.63) is 10.1 Å². The van der Waals surface area contributed by atoms with E-state index in [0.29, 0.717) is 24.7 Å². The van der Waals surface area contributed by atoms with Crippen molar-refractivity contribution in [2.24, 2.45) is 35.5 Å². The maximum atomic E-state index is 12.8. The Kier molecular flexibility index (Phi) is 11.4. The van der Waals surface area contributed by atoms with Crippen molar-refractivity contribution < 1.29 is 49.1 Å². The summed E-state index contributed by atoms with van der Waals surface area (Å²) in [7, 11) is 0. The van der Waals surface area contributed by atoms with Gasteiger partial charge in [0.2, 0.25) is 6.04 Å². The first-order valence-corrected chi connectivity index (χ1v) is 15.4. The molecule has 0 aromatic carbocycles. The highest BCUT2D eigenvalue weighted by Gasteiger charge is 2.45. The highest BCUT2D eigenvalue weighted by molar-refractivity contribution is 5.81. The summed E-state index contributed by atoms with van der Waals surface area (Å²) >= 11 is 0. The van der Waals surface area contributed by atoms with Crippen molar-refractivity contribution in [3.63, 3.8) is 0 Å². The van der Waals surface area contributed by atoms with Crippen LogP contribution < -0.4 is 0 Å². The van der Waals surface area contributed by atoms with E-state index in [1.165, 1.54) is 0 Å². The Morgan fingerprint density at radius 3 is 1.93 bits per heavy atom. The summed E-state index contributed by atoms with van der Waals surface area (Å²) in [6, 6.07) is -0.901. The Bertz CT molecular complexity index is 912. The minimum Gasteiger partial charge on any atom is -0.481 e. The van der Waals surface area contributed by atoms with Crippen LogP contribution in [0, 0.1) is 45.6 Å². The van der Waals surface area contributed by atoms with Gasteiger partial charge in [-0.25, -0.2) is 9.78 Å². The van der Waals surface area contributed by atoms with Gasteiger partial charge in [-0.2, -0.15) is 0 Å². The van der Waals surface area contributed by atoms with Gasteiger partial charge < -0.3 is 20.1 Å². The van der Waals surface area contributed by atoms with Crippen LogP contribution in [0.2, 0.25) is 0 Å². The maximum absolute atomic E-state index is 12.8. The first-order chi connectivity index (χ1) is 19.6. The third-order valence-corrected chi connectivity index (χ3v) is 10.0. The number of carboxylic acids is 2. The number of nitro groups is 1. The van der Waals surface area contributed by atoms with E-state index in [-0.39, 0.29) is 50.4 Å². The molecule has 12 nitrogen and oxygen atoms in total. The minimum atomic E-state index is -1.10. The molecule has 4 fully saturated rings. The van der Waals surface area contributed by atoms with Crippen molar-refractivity contribution in [1.29, 1.82) is 0 Å². The number of nitrogens with zero attached hydrogens (tertiary/aromatic N) is 1. The van der Waals surface area contributed by atoms with E-state index in [0.717, 1.165) is 57.8 Å². The molecule has 232 valence electrons. The predicted molar refractivity (Wildman–Crippen MR) is 143 cm³/mol. The van der Waals surface area contributed by atoms with Crippen molar-refractivity contribution in [1.82, 2.24) is 0 Å². The van der Waals surface area contributed by atoms with E-state index in [1.54, 1.807) is 0 Å². The number of rotatable bonds is 11. The predicted octanol–water partition coefficient (Wildman–Crippen LogP) is 3.99. The molecule has 4 rings (SSSR count). The highest BCUT2D eigenvalue weighted by atomic mass is 17.2. The van der Waals surface area contributed by atoms with Crippen molar-refractivity contribution in [2.75, 3.05) is 6.61 Å².